The van der Waals surface area contributed by atoms with E-state index < -0.39 is 0 Å². The average molecular weight is 1040 g/mol. The number of anilines is 2. The number of para-hydroxylation sites is 2. The molecule has 1 saturated carbocycles. The maximum absolute atomic E-state index is 12.8. The third-order valence-corrected chi connectivity index (χ3v) is 15.7. The van der Waals surface area contributed by atoms with Gasteiger partial charge in [-0.15, -0.1) is 0 Å². The SMILES string of the molecule is CCCN1C(=CC=C2CCC/C(=C\C=C3\N(CCC)c4ccccc4C3(C)C)C2=Nc2cc(CN(Cc3ccccn3)Cc3ccccn3)c(O)c(CN(Cc3ccccn3)Cc3cccc[nH+]3)c2)C(C)(C)c2ccccc21. The number of phenolic OH excluding ortho intramolecular Hbond substituents is 1. The van der Waals surface area contributed by atoms with Crippen LogP contribution in [0.3, 0.4) is 0 Å². The number of nitrogens with zero attached hydrogens (tertiary/aromatic N) is 8. The number of H-pyrrole nitrogens is 1. The number of aromatic amines is 1. The molecule has 2 N–H and O–H groups in total. The Kier molecular flexibility index (Phi) is 16.7. The number of fused-ring (bicyclic) bond motifs is 2. The van der Waals surface area contributed by atoms with Gasteiger partial charge in [0, 0.05) is 121 Å². The smallest absolute Gasteiger partial charge is 0.193 e. The molecule has 10 rings (SSSR count). The molecule has 3 aliphatic rings. The molecule has 2 aliphatic heterocycles. The Morgan fingerprint density at radius 1 is 0.551 bits per heavy atom. The van der Waals surface area contributed by atoms with E-state index in [4.69, 9.17) is 19.9 Å². The Balaban J connectivity index is 1.14. The number of phenols is 1. The summed E-state index contributed by atoms with van der Waals surface area (Å²) in [4.78, 5) is 33.3. The number of benzene rings is 3. The van der Waals surface area contributed by atoms with Gasteiger partial charge in [-0.2, -0.15) is 0 Å². The van der Waals surface area contributed by atoms with E-state index in [2.05, 4.69) is 181 Å². The minimum atomic E-state index is -0.181. The van der Waals surface area contributed by atoms with E-state index in [0.717, 1.165) is 90.5 Å². The molecule has 6 heterocycles. The van der Waals surface area contributed by atoms with Gasteiger partial charge < -0.3 is 14.9 Å². The number of hydrogen-bond acceptors (Lipinski definition) is 9. The van der Waals surface area contributed by atoms with Gasteiger partial charge in [-0.05, 0) is 127 Å². The predicted octanol–water partition coefficient (Wildman–Crippen LogP) is 14.1. The summed E-state index contributed by atoms with van der Waals surface area (Å²) < 4.78 is 0. The minimum absolute atomic E-state index is 0.181. The van der Waals surface area contributed by atoms with E-state index in [-0.39, 0.29) is 16.6 Å². The Labute approximate surface area is 463 Å². The first-order chi connectivity index (χ1) is 38.0. The second-order valence-electron chi connectivity index (χ2n) is 22.1. The highest BCUT2D eigenvalue weighted by molar-refractivity contribution is 6.14. The zero-order valence-corrected chi connectivity index (χ0v) is 46.5. The van der Waals surface area contributed by atoms with Crippen molar-refractivity contribution >= 4 is 22.8 Å². The molecule has 0 atom stereocenters. The second kappa shape index (κ2) is 24.3. The lowest BCUT2D eigenvalue weighted by Gasteiger charge is -2.28. The monoisotopic (exact) mass is 1030 g/mol. The van der Waals surface area contributed by atoms with Crippen molar-refractivity contribution in [2.45, 2.75) is 124 Å². The van der Waals surface area contributed by atoms with Crippen molar-refractivity contribution in [1.82, 2.24) is 24.8 Å². The van der Waals surface area contributed by atoms with Crippen molar-refractivity contribution in [3.63, 3.8) is 0 Å². The zero-order chi connectivity index (χ0) is 54.1. The summed E-state index contributed by atoms with van der Waals surface area (Å²) in [5, 5.41) is 12.8. The summed E-state index contributed by atoms with van der Waals surface area (Å²) in [5.41, 5.74) is 17.2. The molecule has 0 bridgehead atoms. The number of aromatic nitrogens is 4. The predicted molar refractivity (Wildman–Crippen MR) is 317 cm³/mol. The third kappa shape index (κ3) is 12.0. The van der Waals surface area contributed by atoms with Gasteiger partial charge in [0.15, 0.2) is 11.9 Å². The fourth-order valence-corrected chi connectivity index (χ4v) is 11.9. The van der Waals surface area contributed by atoms with Gasteiger partial charge in [0.1, 0.15) is 5.75 Å². The van der Waals surface area contributed by atoms with Crippen molar-refractivity contribution in [1.29, 1.82) is 0 Å². The van der Waals surface area contributed by atoms with Crippen LogP contribution < -0.4 is 14.8 Å². The Morgan fingerprint density at radius 2 is 1.00 bits per heavy atom. The first-order valence-electron chi connectivity index (χ1n) is 28.1. The molecule has 0 saturated heterocycles. The summed E-state index contributed by atoms with van der Waals surface area (Å²) in [5.74, 6) is 0.261. The summed E-state index contributed by atoms with van der Waals surface area (Å²) in [6.45, 7) is 19.1. The van der Waals surface area contributed by atoms with Crippen LogP contribution in [-0.2, 0) is 50.1 Å². The largest absolute Gasteiger partial charge is 0.507 e. The number of pyridine rings is 4. The van der Waals surface area contributed by atoms with Gasteiger partial charge in [0.05, 0.1) is 35.0 Å². The van der Waals surface area contributed by atoms with E-state index in [0.29, 0.717) is 39.3 Å². The topological polar surface area (TPSA) is 98.4 Å². The van der Waals surface area contributed by atoms with Crippen LogP contribution >= 0.6 is 0 Å². The van der Waals surface area contributed by atoms with Crippen LogP contribution in [0.5, 0.6) is 5.75 Å². The molecule has 10 nitrogen and oxygen atoms in total. The van der Waals surface area contributed by atoms with Crippen LogP contribution in [0.2, 0.25) is 0 Å². The molecule has 7 aromatic rings. The molecule has 0 amide bonds. The Bertz CT molecular complexity index is 3030. The number of hydrogen-bond donors (Lipinski definition) is 1. The summed E-state index contributed by atoms with van der Waals surface area (Å²) in [7, 11) is 0. The summed E-state index contributed by atoms with van der Waals surface area (Å²) in [6.07, 6.45) is 21.9. The lowest BCUT2D eigenvalue weighted by molar-refractivity contribution is -0.393. The summed E-state index contributed by atoms with van der Waals surface area (Å²) in [6, 6.07) is 46.3. The van der Waals surface area contributed by atoms with Gasteiger partial charge >= 0.3 is 0 Å². The second-order valence-corrected chi connectivity index (χ2v) is 22.1. The van der Waals surface area contributed by atoms with Crippen LogP contribution in [0.25, 0.3) is 0 Å². The molecule has 0 spiro atoms. The number of aromatic hydroxyl groups is 1. The summed E-state index contributed by atoms with van der Waals surface area (Å²) >= 11 is 0. The number of nitrogens with one attached hydrogen (secondary N) is 1. The highest BCUT2D eigenvalue weighted by Crippen LogP contribution is 2.49. The molecule has 1 aliphatic carbocycles. The lowest BCUT2D eigenvalue weighted by Crippen LogP contribution is -2.27. The Hall–Kier alpha value is -7.79. The highest BCUT2D eigenvalue weighted by atomic mass is 16.3. The zero-order valence-electron chi connectivity index (χ0n) is 46.5. The van der Waals surface area contributed by atoms with Crippen molar-refractivity contribution in [2.24, 2.45) is 4.99 Å². The van der Waals surface area contributed by atoms with Crippen LogP contribution in [0.4, 0.5) is 17.1 Å². The molecule has 1 fully saturated rings. The van der Waals surface area contributed by atoms with Gasteiger partial charge in [-0.25, -0.2) is 9.98 Å². The van der Waals surface area contributed by atoms with Crippen LogP contribution in [-0.4, -0.2) is 48.7 Å². The van der Waals surface area contributed by atoms with E-state index in [1.54, 1.807) is 0 Å². The third-order valence-electron chi connectivity index (χ3n) is 15.7. The minimum Gasteiger partial charge on any atom is -0.507 e. The molecule has 78 heavy (non-hydrogen) atoms. The van der Waals surface area contributed by atoms with E-state index in [1.165, 1.54) is 45.0 Å². The molecule has 398 valence electrons. The number of aliphatic imine (C=N–C) groups is 1. The maximum Gasteiger partial charge on any atom is 0.193 e. The molecule has 4 aromatic heterocycles. The lowest BCUT2D eigenvalue weighted by atomic mass is 9.82. The van der Waals surface area contributed by atoms with Gasteiger partial charge in [0.2, 0.25) is 0 Å². The maximum atomic E-state index is 12.8. The van der Waals surface area contributed by atoms with Gasteiger partial charge in [-0.1, -0.05) is 114 Å². The van der Waals surface area contributed by atoms with E-state index in [9.17, 15) is 5.11 Å². The molecule has 0 unspecified atom stereocenters. The number of rotatable bonds is 19. The first-order valence-corrected chi connectivity index (χ1v) is 28.1. The molecule has 10 heteroatoms. The van der Waals surface area contributed by atoms with Crippen molar-refractivity contribution in [2.75, 3.05) is 22.9 Å². The quantitative estimate of drug-likeness (QED) is 0.0855. The van der Waals surface area contributed by atoms with Crippen LogP contribution in [0.15, 0.2) is 210 Å². The molecule has 0 radical (unpaired) electrons. The average Bonchev–Trinajstić information content (AvgIpc) is 4.07. The van der Waals surface area contributed by atoms with Crippen LogP contribution in [0, 0.1) is 0 Å². The van der Waals surface area contributed by atoms with Crippen molar-refractivity contribution < 1.29 is 10.1 Å². The van der Waals surface area contributed by atoms with E-state index in [1.807, 2.05) is 67.3 Å². The number of allylic oxidation sites excluding steroid dienone is 8. The normalized spacial score (nSPS) is 18.3. The fourth-order valence-electron chi connectivity index (χ4n) is 11.9. The fraction of sp³-hybridized carbons (Fsp3) is 0.309. The van der Waals surface area contributed by atoms with Gasteiger partial charge in [0.25, 0.3) is 0 Å². The highest BCUT2D eigenvalue weighted by Gasteiger charge is 2.40. The standard InChI is InChI=1S/C68H75N9O/c1-7-40-76-61-30-11-9-28-59(61)67(3,4)63(76)34-32-50-22-21-23-51(33-35-64-68(5,6)60-29-10-12-31-62(60)77(64)41-8-2)65(50)73-58-42-52(44-74(46-54-24-13-17-36-69-54)47-55-25-14-18-37-70-55)66(78)53(43-58)45-75(48-56-26-15-19-38-71-56)49-57-27-16-20-39-72-57/h9-20,24-39,42-43,78H,7-8,21-23,40-41,44-49H2,1-6H3/p+1/b50-32+,51-33?,63-34+,64-35?,73-65?. The molecule has 3 aromatic carbocycles. The van der Waals surface area contributed by atoms with Crippen molar-refractivity contribution in [3.05, 3.63) is 250 Å². The van der Waals surface area contributed by atoms with Gasteiger partial charge in [-0.3, -0.25) is 24.8 Å². The first kappa shape index (κ1) is 53.6. The Morgan fingerprint density at radius 3 is 1.44 bits per heavy atom. The van der Waals surface area contributed by atoms with E-state index >= 15 is 0 Å². The molecular weight excluding hydrogens is 959 g/mol. The van der Waals surface area contributed by atoms with Crippen molar-refractivity contribution in [3.8, 4) is 5.75 Å². The molecular formula is C68H76N9O+. The van der Waals surface area contributed by atoms with Crippen LogP contribution in [0.1, 0.15) is 119 Å².